The predicted octanol–water partition coefficient (Wildman–Crippen LogP) is 1.30. The second-order valence-electron chi connectivity index (χ2n) is 3.27. The summed E-state index contributed by atoms with van der Waals surface area (Å²) in [6.07, 6.45) is 0. The first kappa shape index (κ1) is 12.6. The molecule has 0 spiro atoms. The number of rotatable bonds is 5. The van der Waals surface area contributed by atoms with E-state index in [2.05, 4.69) is 10.6 Å². The molecule has 0 unspecified atom stereocenters. The van der Waals surface area contributed by atoms with E-state index in [1.807, 2.05) is 6.92 Å². The van der Waals surface area contributed by atoms with Crippen molar-refractivity contribution in [1.29, 1.82) is 0 Å². The van der Waals surface area contributed by atoms with E-state index < -0.39 is 17.5 Å². The molecule has 16 heavy (non-hydrogen) atoms. The van der Waals surface area contributed by atoms with Gasteiger partial charge in [-0.3, -0.25) is 4.79 Å². The molecule has 88 valence electrons. The van der Waals surface area contributed by atoms with Gasteiger partial charge in [-0.1, -0.05) is 6.92 Å². The Hall–Kier alpha value is -1.49. The summed E-state index contributed by atoms with van der Waals surface area (Å²) < 4.78 is 25.6. The minimum Gasteiger partial charge on any atom is -0.351 e. The zero-order valence-corrected chi connectivity index (χ0v) is 9.02. The molecule has 2 N–H and O–H groups in total. The summed E-state index contributed by atoms with van der Waals surface area (Å²) in [7, 11) is 0. The zero-order valence-electron chi connectivity index (χ0n) is 9.02. The van der Waals surface area contributed by atoms with Crippen LogP contribution < -0.4 is 10.6 Å². The van der Waals surface area contributed by atoms with Gasteiger partial charge in [-0.25, -0.2) is 8.78 Å². The molecule has 0 saturated carbocycles. The summed E-state index contributed by atoms with van der Waals surface area (Å²) in [6.45, 7) is 3.80. The molecule has 1 aromatic carbocycles. The highest BCUT2D eigenvalue weighted by Crippen LogP contribution is 2.07. The molecule has 0 aliphatic heterocycles. The van der Waals surface area contributed by atoms with Gasteiger partial charge < -0.3 is 10.6 Å². The van der Waals surface area contributed by atoms with Crippen LogP contribution in [0.3, 0.4) is 0 Å². The minimum absolute atomic E-state index is 0.00556. The van der Waals surface area contributed by atoms with Gasteiger partial charge in [0.1, 0.15) is 11.6 Å². The second kappa shape index (κ2) is 6.17. The number of nitrogens with one attached hydrogen (secondary N) is 2. The number of amides is 1. The lowest BCUT2D eigenvalue weighted by Gasteiger charge is -2.05. The van der Waals surface area contributed by atoms with Gasteiger partial charge in [-0.05, 0) is 18.7 Å². The van der Waals surface area contributed by atoms with E-state index in [4.69, 9.17) is 0 Å². The lowest BCUT2D eigenvalue weighted by atomic mass is 10.2. The van der Waals surface area contributed by atoms with E-state index in [1.165, 1.54) is 0 Å². The Morgan fingerprint density at radius 3 is 2.38 bits per heavy atom. The lowest BCUT2D eigenvalue weighted by Crippen LogP contribution is -2.31. The summed E-state index contributed by atoms with van der Waals surface area (Å²) in [6, 6.07) is 2.74. The van der Waals surface area contributed by atoms with Crippen molar-refractivity contribution in [2.75, 3.05) is 19.6 Å². The normalized spacial score (nSPS) is 10.2. The van der Waals surface area contributed by atoms with Gasteiger partial charge in [0.05, 0.1) is 0 Å². The number of hydrogen-bond donors (Lipinski definition) is 2. The van der Waals surface area contributed by atoms with Crippen LogP contribution in [-0.2, 0) is 0 Å². The molecule has 0 bridgehead atoms. The van der Waals surface area contributed by atoms with Gasteiger partial charge in [0.25, 0.3) is 5.91 Å². The van der Waals surface area contributed by atoms with E-state index in [0.717, 1.165) is 24.7 Å². The minimum atomic E-state index is -0.753. The van der Waals surface area contributed by atoms with E-state index in [0.29, 0.717) is 13.1 Å². The third kappa shape index (κ3) is 3.94. The molecule has 0 aliphatic rings. The monoisotopic (exact) mass is 228 g/mol. The van der Waals surface area contributed by atoms with Gasteiger partial charge in [-0.2, -0.15) is 0 Å². The summed E-state index contributed by atoms with van der Waals surface area (Å²) in [5.74, 6) is -1.98. The van der Waals surface area contributed by atoms with Crippen molar-refractivity contribution in [2.45, 2.75) is 6.92 Å². The zero-order chi connectivity index (χ0) is 12.0. The average Bonchev–Trinajstić information content (AvgIpc) is 2.22. The van der Waals surface area contributed by atoms with Crippen LogP contribution in [0.4, 0.5) is 8.78 Å². The Balaban J connectivity index is 2.52. The maximum atomic E-state index is 12.8. The molecule has 1 aromatic rings. The highest BCUT2D eigenvalue weighted by molar-refractivity contribution is 5.94. The van der Waals surface area contributed by atoms with E-state index in [-0.39, 0.29) is 5.56 Å². The molecule has 0 radical (unpaired) electrons. The molecule has 1 rings (SSSR count). The molecule has 0 fully saturated rings. The van der Waals surface area contributed by atoms with Crippen LogP contribution in [0.1, 0.15) is 17.3 Å². The Morgan fingerprint density at radius 1 is 1.19 bits per heavy atom. The van der Waals surface area contributed by atoms with Crippen LogP contribution in [0.25, 0.3) is 0 Å². The van der Waals surface area contributed by atoms with Crippen LogP contribution in [0.15, 0.2) is 18.2 Å². The number of halogens is 2. The van der Waals surface area contributed by atoms with Crippen LogP contribution >= 0.6 is 0 Å². The summed E-state index contributed by atoms with van der Waals surface area (Å²) in [5, 5.41) is 5.57. The van der Waals surface area contributed by atoms with Gasteiger partial charge in [0.2, 0.25) is 0 Å². The largest absolute Gasteiger partial charge is 0.351 e. The van der Waals surface area contributed by atoms with Crippen molar-refractivity contribution < 1.29 is 13.6 Å². The number of likely N-dealkylation sites (N-methyl/N-ethyl adjacent to an activating group) is 1. The van der Waals surface area contributed by atoms with Crippen molar-refractivity contribution in [3.8, 4) is 0 Å². The predicted molar refractivity (Wildman–Crippen MR) is 57.2 cm³/mol. The summed E-state index contributed by atoms with van der Waals surface area (Å²) in [4.78, 5) is 11.4. The Bertz CT molecular complexity index is 349. The first-order valence-electron chi connectivity index (χ1n) is 5.08. The molecule has 0 aliphatic carbocycles. The van der Waals surface area contributed by atoms with E-state index in [1.54, 1.807) is 0 Å². The highest BCUT2D eigenvalue weighted by atomic mass is 19.1. The number of carbonyl (C=O) groups is 1. The third-order valence-electron chi connectivity index (χ3n) is 1.96. The third-order valence-corrected chi connectivity index (χ3v) is 1.96. The molecular formula is C11H14F2N2O. The van der Waals surface area contributed by atoms with Crippen LogP contribution in [-0.4, -0.2) is 25.5 Å². The Kier molecular flexibility index (Phi) is 4.85. The Labute approximate surface area is 92.8 Å². The van der Waals surface area contributed by atoms with Crippen molar-refractivity contribution in [1.82, 2.24) is 10.6 Å². The summed E-state index contributed by atoms with van der Waals surface area (Å²) >= 11 is 0. The molecule has 0 atom stereocenters. The van der Waals surface area contributed by atoms with Crippen molar-refractivity contribution in [2.24, 2.45) is 0 Å². The molecular weight excluding hydrogens is 214 g/mol. The van der Waals surface area contributed by atoms with Crippen molar-refractivity contribution in [3.05, 3.63) is 35.4 Å². The average molecular weight is 228 g/mol. The quantitative estimate of drug-likeness (QED) is 0.746. The maximum Gasteiger partial charge on any atom is 0.251 e. The number of carbonyl (C=O) groups excluding carboxylic acids is 1. The van der Waals surface area contributed by atoms with E-state index in [9.17, 15) is 13.6 Å². The van der Waals surface area contributed by atoms with Crippen molar-refractivity contribution in [3.63, 3.8) is 0 Å². The van der Waals surface area contributed by atoms with Crippen LogP contribution in [0, 0.1) is 11.6 Å². The molecule has 0 saturated heterocycles. The number of benzene rings is 1. The molecule has 1 amide bonds. The smallest absolute Gasteiger partial charge is 0.251 e. The summed E-state index contributed by atoms with van der Waals surface area (Å²) in [5.41, 5.74) is -0.00556. The highest BCUT2D eigenvalue weighted by Gasteiger charge is 2.07. The topological polar surface area (TPSA) is 41.1 Å². The molecule has 0 aromatic heterocycles. The maximum absolute atomic E-state index is 12.8. The fraction of sp³-hybridized carbons (Fsp3) is 0.364. The molecule has 0 heterocycles. The van der Waals surface area contributed by atoms with Gasteiger partial charge >= 0.3 is 0 Å². The van der Waals surface area contributed by atoms with Crippen LogP contribution in [0.5, 0.6) is 0 Å². The second-order valence-corrected chi connectivity index (χ2v) is 3.27. The first-order valence-corrected chi connectivity index (χ1v) is 5.08. The van der Waals surface area contributed by atoms with Gasteiger partial charge in [0.15, 0.2) is 0 Å². The van der Waals surface area contributed by atoms with Gasteiger partial charge in [0, 0.05) is 24.7 Å². The number of hydrogen-bond acceptors (Lipinski definition) is 2. The fourth-order valence-electron chi connectivity index (χ4n) is 1.23. The van der Waals surface area contributed by atoms with E-state index >= 15 is 0 Å². The fourth-order valence-corrected chi connectivity index (χ4v) is 1.23. The lowest BCUT2D eigenvalue weighted by molar-refractivity contribution is 0.0953. The molecule has 3 nitrogen and oxygen atoms in total. The van der Waals surface area contributed by atoms with Crippen LogP contribution in [0.2, 0.25) is 0 Å². The standard InChI is InChI=1S/C11H14F2N2O/c1-2-14-3-4-15-11(16)8-5-9(12)7-10(13)6-8/h5-7,14H,2-4H2,1H3,(H,15,16). The molecule has 5 heteroatoms. The Morgan fingerprint density at radius 2 is 1.81 bits per heavy atom. The van der Waals surface area contributed by atoms with Gasteiger partial charge in [-0.15, -0.1) is 0 Å². The SMILES string of the molecule is CCNCCNC(=O)c1cc(F)cc(F)c1. The van der Waals surface area contributed by atoms with Crippen molar-refractivity contribution >= 4 is 5.91 Å². The first-order chi connectivity index (χ1) is 7.63.